The molecule has 380 valence electrons. The molecule has 0 aliphatic heterocycles. The highest BCUT2D eigenvalue weighted by molar-refractivity contribution is 7.47. The lowest BCUT2D eigenvalue weighted by atomic mass is 10.1. The fourth-order valence-corrected chi connectivity index (χ4v) is 8.73. The minimum absolute atomic E-state index is 0.0512. The van der Waals surface area contributed by atoms with Crippen molar-refractivity contribution in [3.05, 3.63) is 24.3 Å². The van der Waals surface area contributed by atoms with Crippen LogP contribution in [0.15, 0.2) is 24.3 Å². The third-order valence-corrected chi connectivity index (χ3v) is 13.1. The number of carbonyl (C=O) groups excluding carboxylic acids is 1. The Balaban J connectivity index is 4.02. The van der Waals surface area contributed by atoms with E-state index in [1.165, 1.54) is 212 Å². The van der Waals surface area contributed by atoms with E-state index in [0.29, 0.717) is 6.61 Å². The maximum atomic E-state index is 12.7. The average Bonchev–Trinajstić information content (AvgIpc) is 3.29. The van der Waals surface area contributed by atoms with Crippen molar-refractivity contribution in [2.24, 2.45) is 0 Å². The van der Waals surface area contributed by atoms with Gasteiger partial charge in [-0.15, -0.1) is 0 Å². The Kier molecular flexibility index (Phi) is 50.5. The van der Waals surface area contributed by atoms with E-state index in [0.717, 1.165) is 38.5 Å². The van der Waals surface area contributed by atoms with Gasteiger partial charge in [-0.3, -0.25) is 13.8 Å². The predicted octanol–water partition coefficient (Wildman–Crippen LogP) is 16.2. The number of rotatable bonds is 53. The van der Waals surface area contributed by atoms with Gasteiger partial charge in [0.25, 0.3) is 0 Å². The first-order valence-electron chi connectivity index (χ1n) is 27.3. The highest BCUT2D eigenvalue weighted by Crippen LogP contribution is 2.43. The van der Waals surface area contributed by atoms with Crippen molar-refractivity contribution < 1.29 is 43.0 Å². The Bertz CT molecular complexity index is 1050. The molecule has 0 saturated carbocycles. The maximum Gasteiger partial charge on any atom is 0.472 e. The van der Waals surface area contributed by atoms with E-state index < -0.39 is 33.2 Å². The first kappa shape index (κ1) is 62.9. The summed E-state index contributed by atoms with van der Waals surface area (Å²) in [6.07, 6.45) is 57.2. The van der Waals surface area contributed by atoms with Crippen molar-refractivity contribution in [1.29, 1.82) is 0 Å². The van der Waals surface area contributed by atoms with Crippen LogP contribution in [0.25, 0.3) is 0 Å². The fourth-order valence-electron chi connectivity index (χ4n) is 7.94. The van der Waals surface area contributed by atoms with Gasteiger partial charge in [-0.05, 0) is 64.2 Å². The number of unbranched alkanes of at least 4 members (excludes halogenated alkanes) is 35. The van der Waals surface area contributed by atoms with Gasteiger partial charge in [0.15, 0.2) is 0 Å². The second-order valence-corrected chi connectivity index (χ2v) is 20.1. The lowest BCUT2D eigenvalue weighted by molar-refractivity contribution is -0.154. The summed E-state index contributed by atoms with van der Waals surface area (Å²) in [4.78, 5) is 22.7. The van der Waals surface area contributed by atoms with Crippen molar-refractivity contribution in [3.63, 3.8) is 0 Å². The lowest BCUT2D eigenvalue weighted by Gasteiger charge is -2.20. The summed E-state index contributed by atoms with van der Waals surface area (Å²) in [6, 6.07) is 0. The summed E-state index contributed by atoms with van der Waals surface area (Å²) in [6.45, 7) is 3.57. The smallest absolute Gasteiger partial charge is 0.457 e. The molecule has 64 heavy (non-hydrogen) atoms. The quantitative estimate of drug-likeness (QED) is 0.0236. The highest BCUT2D eigenvalue weighted by atomic mass is 31.2. The van der Waals surface area contributed by atoms with Crippen LogP contribution in [-0.4, -0.2) is 66.3 Å². The van der Waals surface area contributed by atoms with Crippen molar-refractivity contribution in [1.82, 2.24) is 0 Å². The molecule has 3 N–H and O–H groups in total. The van der Waals surface area contributed by atoms with Crippen molar-refractivity contribution in [2.45, 2.75) is 283 Å². The van der Waals surface area contributed by atoms with Gasteiger partial charge in [0.2, 0.25) is 0 Å². The van der Waals surface area contributed by atoms with Crippen molar-refractivity contribution in [3.8, 4) is 0 Å². The lowest BCUT2D eigenvalue weighted by Crippen LogP contribution is -2.29. The van der Waals surface area contributed by atoms with Crippen LogP contribution in [-0.2, 0) is 27.9 Å². The van der Waals surface area contributed by atoms with E-state index in [1.54, 1.807) is 0 Å². The van der Waals surface area contributed by atoms with Crippen LogP contribution in [0.2, 0.25) is 0 Å². The van der Waals surface area contributed by atoms with Crippen LogP contribution in [0, 0.1) is 0 Å². The summed E-state index contributed by atoms with van der Waals surface area (Å²) in [5, 5.41) is 18.4. The number of hydrogen-bond acceptors (Lipinski definition) is 8. The van der Waals surface area contributed by atoms with Crippen LogP contribution >= 0.6 is 7.82 Å². The van der Waals surface area contributed by atoms with Crippen LogP contribution in [0.3, 0.4) is 0 Å². The molecule has 0 rings (SSSR count). The number of ether oxygens (including phenoxy) is 2. The molecule has 0 saturated heterocycles. The van der Waals surface area contributed by atoms with Crippen LogP contribution in [0.1, 0.15) is 271 Å². The normalized spacial score (nSPS) is 13.9. The minimum atomic E-state index is -4.52. The van der Waals surface area contributed by atoms with Gasteiger partial charge in [-0.1, -0.05) is 224 Å². The third kappa shape index (κ3) is 50.4. The molecule has 0 aromatic rings. The molecule has 3 unspecified atom stereocenters. The SMILES string of the molecule is CCCCCCCCCC/C=C\CCCCCCCCCCCCOCC(COP(=O)(O)OCC(O)CO)OC(=O)CCCCCCCCCCC/C=C\CCCCCCCCCC. The number of phosphoric ester groups is 1. The summed E-state index contributed by atoms with van der Waals surface area (Å²) in [5.74, 6) is -0.380. The van der Waals surface area contributed by atoms with Gasteiger partial charge in [0.1, 0.15) is 12.2 Å². The fraction of sp³-hybridized carbons (Fsp3) is 0.907. The minimum Gasteiger partial charge on any atom is -0.457 e. The third-order valence-electron chi connectivity index (χ3n) is 12.1. The predicted molar refractivity (Wildman–Crippen MR) is 270 cm³/mol. The summed E-state index contributed by atoms with van der Waals surface area (Å²) in [5.41, 5.74) is 0. The summed E-state index contributed by atoms with van der Waals surface area (Å²) >= 11 is 0. The molecule has 0 aliphatic rings. The van der Waals surface area contributed by atoms with Crippen molar-refractivity contribution >= 4 is 13.8 Å². The van der Waals surface area contributed by atoms with Gasteiger partial charge in [-0.25, -0.2) is 4.57 Å². The van der Waals surface area contributed by atoms with Gasteiger partial charge in [0.05, 0.1) is 26.4 Å². The Morgan fingerprint density at radius 2 is 0.797 bits per heavy atom. The Morgan fingerprint density at radius 3 is 1.17 bits per heavy atom. The Morgan fingerprint density at radius 1 is 0.469 bits per heavy atom. The van der Waals surface area contributed by atoms with Gasteiger partial charge >= 0.3 is 13.8 Å². The zero-order valence-electron chi connectivity index (χ0n) is 42.0. The number of phosphoric acid groups is 1. The topological polar surface area (TPSA) is 132 Å². The first-order valence-corrected chi connectivity index (χ1v) is 28.8. The summed E-state index contributed by atoms with van der Waals surface area (Å²) < 4.78 is 33.6. The highest BCUT2D eigenvalue weighted by Gasteiger charge is 2.26. The number of allylic oxidation sites excluding steroid dienone is 4. The van der Waals surface area contributed by atoms with Gasteiger partial charge in [0, 0.05) is 13.0 Å². The van der Waals surface area contributed by atoms with Crippen molar-refractivity contribution in [2.75, 3.05) is 33.0 Å². The number of aliphatic hydroxyl groups excluding tert-OH is 2. The molecule has 3 atom stereocenters. The molecule has 0 amide bonds. The molecule has 0 radical (unpaired) electrons. The second-order valence-electron chi connectivity index (χ2n) is 18.6. The molecule has 9 nitrogen and oxygen atoms in total. The molecule has 0 heterocycles. The number of hydrogen-bond donors (Lipinski definition) is 3. The number of carbonyl (C=O) groups is 1. The van der Waals surface area contributed by atoms with E-state index in [1.807, 2.05) is 0 Å². The molecule has 0 aromatic carbocycles. The molecule has 0 aliphatic carbocycles. The Hall–Kier alpha value is -1.06. The van der Waals surface area contributed by atoms with E-state index in [4.69, 9.17) is 23.6 Å². The zero-order valence-corrected chi connectivity index (χ0v) is 42.9. The molecule has 0 fully saturated rings. The number of aliphatic hydroxyl groups is 2. The first-order chi connectivity index (χ1) is 31.3. The van der Waals surface area contributed by atoms with E-state index in [-0.39, 0.29) is 25.6 Å². The summed E-state index contributed by atoms with van der Waals surface area (Å²) in [7, 11) is -4.52. The molecule has 0 aromatic heterocycles. The molecule has 0 spiro atoms. The van der Waals surface area contributed by atoms with E-state index in [2.05, 4.69) is 38.2 Å². The van der Waals surface area contributed by atoms with Crippen LogP contribution in [0.4, 0.5) is 0 Å². The second kappa shape index (κ2) is 51.3. The van der Waals surface area contributed by atoms with Gasteiger partial charge in [-0.2, -0.15) is 0 Å². The maximum absolute atomic E-state index is 12.7. The molecule has 10 heteroatoms. The monoisotopic (exact) mass is 929 g/mol. The van der Waals surface area contributed by atoms with Crippen LogP contribution < -0.4 is 0 Å². The Labute approximate surface area is 395 Å². The van der Waals surface area contributed by atoms with E-state index >= 15 is 0 Å². The molecular formula is C54H105O9P. The molecule has 0 bridgehead atoms. The molecular weight excluding hydrogens is 824 g/mol. The average molecular weight is 929 g/mol. The zero-order chi connectivity index (χ0) is 46.7. The van der Waals surface area contributed by atoms with Crippen LogP contribution in [0.5, 0.6) is 0 Å². The van der Waals surface area contributed by atoms with E-state index in [9.17, 15) is 19.4 Å². The largest absolute Gasteiger partial charge is 0.472 e. The number of esters is 1. The van der Waals surface area contributed by atoms with Gasteiger partial charge < -0.3 is 24.6 Å². The standard InChI is InChI=1S/C54H105O9P/c1-3-5-7-9-11-13-15-17-19-21-23-25-27-29-31-33-35-37-39-41-43-45-47-60-50-53(51-62-64(58,59)61-49-52(56)48-55)63-54(57)46-44-42-40-38-36-34-32-30-28-26-24-22-20-18-16-14-12-10-8-6-4-2/h21-24,52-53,55-56H,3-20,25-51H2,1-2H3,(H,58,59)/b23-21-,24-22-.